The molecule has 3 aromatic rings. The number of nitrogens with zero attached hydrogens (tertiary/aromatic N) is 3. The molecule has 0 amide bonds. The van der Waals surface area contributed by atoms with Gasteiger partial charge in [-0.1, -0.05) is 18.2 Å². The van der Waals surface area contributed by atoms with Crippen LogP contribution in [0, 0.1) is 0 Å². The van der Waals surface area contributed by atoms with E-state index in [0.717, 1.165) is 42.0 Å². The second kappa shape index (κ2) is 7.40. The molecule has 1 N–H and O–H groups in total. The van der Waals surface area contributed by atoms with Gasteiger partial charge in [0.05, 0.1) is 29.0 Å². The van der Waals surface area contributed by atoms with Gasteiger partial charge < -0.3 is 15.0 Å². The SMILES string of the molecule is CN(C)CCOc1ccc2c(c1)CCN[C@H]2c1cnc2ccccc2n1. The van der Waals surface area contributed by atoms with E-state index in [2.05, 4.69) is 47.5 Å². The molecular formula is C21H24N4O. The van der Waals surface area contributed by atoms with Crippen molar-refractivity contribution in [2.45, 2.75) is 12.5 Å². The molecule has 5 heteroatoms. The van der Waals surface area contributed by atoms with Crippen LogP contribution in [0.1, 0.15) is 22.9 Å². The van der Waals surface area contributed by atoms with Gasteiger partial charge >= 0.3 is 0 Å². The molecule has 0 spiro atoms. The van der Waals surface area contributed by atoms with Gasteiger partial charge in [0.1, 0.15) is 12.4 Å². The molecule has 1 atom stereocenters. The van der Waals surface area contributed by atoms with Crippen molar-refractivity contribution < 1.29 is 4.74 Å². The molecule has 0 saturated carbocycles. The topological polar surface area (TPSA) is 50.3 Å². The molecule has 134 valence electrons. The van der Waals surface area contributed by atoms with Gasteiger partial charge in [-0.25, -0.2) is 4.98 Å². The van der Waals surface area contributed by atoms with Gasteiger partial charge in [-0.3, -0.25) is 4.98 Å². The van der Waals surface area contributed by atoms with Crippen LogP contribution in [0.25, 0.3) is 11.0 Å². The summed E-state index contributed by atoms with van der Waals surface area (Å²) in [4.78, 5) is 11.5. The van der Waals surface area contributed by atoms with Crippen LogP contribution in [-0.4, -0.2) is 48.7 Å². The lowest BCUT2D eigenvalue weighted by Gasteiger charge is -2.27. The Hall–Kier alpha value is -2.50. The summed E-state index contributed by atoms with van der Waals surface area (Å²) in [7, 11) is 4.11. The molecule has 0 aliphatic carbocycles. The first kappa shape index (κ1) is 16.9. The van der Waals surface area contributed by atoms with Crippen molar-refractivity contribution in [3.05, 3.63) is 65.5 Å². The molecule has 26 heavy (non-hydrogen) atoms. The van der Waals surface area contributed by atoms with Crippen LogP contribution >= 0.6 is 0 Å². The second-order valence-electron chi connectivity index (χ2n) is 6.93. The Morgan fingerprint density at radius 3 is 2.85 bits per heavy atom. The number of ether oxygens (including phenoxy) is 1. The van der Waals surface area contributed by atoms with Crippen LogP contribution in [0.3, 0.4) is 0 Å². The molecule has 1 aliphatic heterocycles. The van der Waals surface area contributed by atoms with Crippen molar-refractivity contribution in [3.63, 3.8) is 0 Å². The Kier molecular flexibility index (Phi) is 4.82. The summed E-state index contributed by atoms with van der Waals surface area (Å²) in [5, 5.41) is 3.58. The molecule has 1 aromatic heterocycles. The first-order chi connectivity index (χ1) is 12.7. The number of benzene rings is 2. The minimum atomic E-state index is 0.0756. The molecule has 0 unspecified atom stereocenters. The van der Waals surface area contributed by atoms with Crippen molar-refractivity contribution in [2.24, 2.45) is 0 Å². The molecule has 0 saturated heterocycles. The van der Waals surface area contributed by atoms with Crippen LogP contribution in [0.4, 0.5) is 0 Å². The fourth-order valence-electron chi connectivity index (χ4n) is 3.35. The minimum Gasteiger partial charge on any atom is -0.492 e. The summed E-state index contributed by atoms with van der Waals surface area (Å²) in [6.45, 7) is 2.53. The van der Waals surface area contributed by atoms with E-state index in [-0.39, 0.29) is 6.04 Å². The molecule has 0 bridgehead atoms. The highest BCUT2D eigenvalue weighted by atomic mass is 16.5. The minimum absolute atomic E-state index is 0.0756. The van der Waals surface area contributed by atoms with Crippen LogP contribution in [0.5, 0.6) is 5.75 Å². The van der Waals surface area contributed by atoms with E-state index >= 15 is 0 Å². The Morgan fingerprint density at radius 1 is 1.15 bits per heavy atom. The molecule has 0 radical (unpaired) electrons. The summed E-state index contributed by atoms with van der Waals surface area (Å²) >= 11 is 0. The van der Waals surface area contributed by atoms with Crippen LogP contribution in [0.15, 0.2) is 48.7 Å². The predicted octanol–water partition coefficient (Wildman–Crippen LogP) is 2.81. The lowest BCUT2D eigenvalue weighted by Crippen LogP contribution is -2.31. The summed E-state index contributed by atoms with van der Waals surface area (Å²) in [6, 6.07) is 14.5. The lowest BCUT2D eigenvalue weighted by atomic mass is 9.92. The monoisotopic (exact) mass is 348 g/mol. The maximum absolute atomic E-state index is 5.89. The zero-order valence-electron chi connectivity index (χ0n) is 15.3. The van der Waals surface area contributed by atoms with Crippen LogP contribution in [0.2, 0.25) is 0 Å². The van der Waals surface area contributed by atoms with Crippen molar-refractivity contribution in [3.8, 4) is 5.75 Å². The summed E-state index contributed by atoms with van der Waals surface area (Å²) < 4.78 is 5.89. The predicted molar refractivity (Wildman–Crippen MR) is 104 cm³/mol. The summed E-state index contributed by atoms with van der Waals surface area (Å²) in [5.41, 5.74) is 5.41. The maximum Gasteiger partial charge on any atom is 0.119 e. The number of fused-ring (bicyclic) bond motifs is 2. The van der Waals surface area contributed by atoms with Crippen LogP contribution in [-0.2, 0) is 6.42 Å². The average molecular weight is 348 g/mol. The van der Waals surface area contributed by atoms with Gasteiger partial charge in [0.15, 0.2) is 0 Å². The second-order valence-corrected chi connectivity index (χ2v) is 6.93. The molecular weight excluding hydrogens is 324 g/mol. The Bertz CT molecular complexity index is 909. The number of hydrogen-bond acceptors (Lipinski definition) is 5. The number of rotatable bonds is 5. The molecule has 4 rings (SSSR count). The first-order valence-electron chi connectivity index (χ1n) is 9.06. The average Bonchev–Trinajstić information content (AvgIpc) is 2.66. The first-order valence-corrected chi connectivity index (χ1v) is 9.06. The zero-order valence-corrected chi connectivity index (χ0v) is 15.3. The van der Waals surface area contributed by atoms with Crippen molar-refractivity contribution in [2.75, 3.05) is 33.8 Å². The highest BCUT2D eigenvalue weighted by Gasteiger charge is 2.23. The van der Waals surface area contributed by atoms with Gasteiger partial charge in [0.2, 0.25) is 0 Å². The Labute approximate surface area is 154 Å². The highest BCUT2D eigenvalue weighted by Crippen LogP contribution is 2.30. The van der Waals surface area contributed by atoms with E-state index in [1.807, 2.05) is 30.5 Å². The van der Waals surface area contributed by atoms with E-state index in [1.54, 1.807) is 0 Å². The van der Waals surface area contributed by atoms with E-state index in [4.69, 9.17) is 9.72 Å². The van der Waals surface area contributed by atoms with Gasteiger partial charge in [-0.05, 0) is 55.9 Å². The molecule has 2 heterocycles. The van der Waals surface area contributed by atoms with Gasteiger partial charge in [-0.15, -0.1) is 0 Å². The van der Waals surface area contributed by atoms with E-state index < -0.39 is 0 Å². The number of aromatic nitrogens is 2. The van der Waals surface area contributed by atoms with Crippen molar-refractivity contribution in [1.29, 1.82) is 0 Å². The third kappa shape index (κ3) is 3.54. The maximum atomic E-state index is 5.89. The fraction of sp³-hybridized carbons (Fsp3) is 0.333. The number of nitrogens with one attached hydrogen (secondary N) is 1. The Morgan fingerprint density at radius 2 is 2.00 bits per heavy atom. The number of para-hydroxylation sites is 2. The quantitative estimate of drug-likeness (QED) is 0.768. The number of likely N-dealkylation sites (N-methyl/N-ethyl adjacent to an activating group) is 1. The van der Waals surface area contributed by atoms with Crippen LogP contribution < -0.4 is 10.1 Å². The van der Waals surface area contributed by atoms with Gasteiger partial charge in [0, 0.05) is 13.1 Å². The standard InChI is InChI=1S/C21H24N4O/c1-25(2)11-12-26-16-7-8-17-15(13-16)9-10-22-21(17)20-14-23-18-5-3-4-6-19(18)24-20/h3-8,13-14,21-22H,9-12H2,1-2H3/t21-/m1/s1. The van der Waals surface area contributed by atoms with Crippen molar-refractivity contribution in [1.82, 2.24) is 20.2 Å². The fourth-order valence-corrected chi connectivity index (χ4v) is 3.35. The third-order valence-corrected chi connectivity index (χ3v) is 4.74. The molecule has 5 nitrogen and oxygen atoms in total. The summed E-state index contributed by atoms with van der Waals surface area (Å²) in [5.74, 6) is 0.941. The molecule has 0 fully saturated rings. The van der Waals surface area contributed by atoms with E-state index in [9.17, 15) is 0 Å². The van der Waals surface area contributed by atoms with E-state index in [1.165, 1.54) is 11.1 Å². The molecule has 2 aromatic carbocycles. The normalized spacial score (nSPS) is 16.7. The number of hydrogen-bond donors (Lipinski definition) is 1. The largest absolute Gasteiger partial charge is 0.492 e. The Balaban J connectivity index is 1.60. The smallest absolute Gasteiger partial charge is 0.119 e. The van der Waals surface area contributed by atoms with E-state index in [0.29, 0.717) is 6.61 Å². The van der Waals surface area contributed by atoms with Gasteiger partial charge in [-0.2, -0.15) is 0 Å². The highest BCUT2D eigenvalue weighted by molar-refractivity contribution is 5.73. The van der Waals surface area contributed by atoms with Gasteiger partial charge in [0.25, 0.3) is 0 Å². The third-order valence-electron chi connectivity index (χ3n) is 4.74. The molecule has 1 aliphatic rings. The summed E-state index contributed by atoms with van der Waals surface area (Å²) in [6.07, 6.45) is 2.88. The lowest BCUT2D eigenvalue weighted by molar-refractivity contribution is 0.261. The van der Waals surface area contributed by atoms with Crippen molar-refractivity contribution >= 4 is 11.0 Å². The zero-order chi connectivity index (χ0) is 17.9.